The first-order chi connectivity index (χ1) is 14.1. The first-order valence-electron chi connectivity index (χ1n) is 9.20. The quantitative estimate of drug-likeness (QED) is 0.496. The maximum atomic E-state index is 12.1. The number of halogens is 1. The molecular formula is C23H22ClNO4. The van der Waals surface area contributed by atoms with Crippen LogP contribution in [0, 0.1) is 6.92 Å². The van der Waals surface area contributed by atoms with Gasteiger partial charge in [-0.2, -0.15) is 0 Å². The average Bonchev–Trinajstić information content (AvgIpc) is 2.73. The van der Waals surface area contributed by atoms with Crippen molar-refractivity contribution >= 4 is 23.2 Å². The minimum absolute atomic E-state index is 0.100. The molecule has 5 nitrogen and oxygen atoms in total. The van der Waals surface area contributed by atoms with E-state index in [1.165, 1.54) is 0 Å². The van der Waals surface area contributed by atoms with Gasteiger partial charge in [0.2, 0.25) is 0 Å². The summed E-state index contributed by atoms with van der Waals surface area (Å²) < 4.78 is 16.8. The highest BCUT2D eigenvalue weighted by atomic mass is 35.5. The Morgan fingerprint density at radius 3 is 2.28 bits per heavy atom. The molecule has 150 valence electrons. The van der Waals surface area contributed by atoms with Crippen LogP contribution in [0.4, 0.5) is 5.69 Å². The number of carbonyl (C=O) groups excluding carboxylic acids is 1. The van der Waals surface area contributed by atoms with Crippen LogP contribution in [-0.2, 0) is 4.79 Å². The van der Waals surface area contributed by atoms with Gasteiger partial charge in [0.25, 0.3) is 5.91 Å². The predicted octanol–water partition coefficient (Wildman–Crippen LogP) is 5.12. The van der Waals surface area contributed by atoms with E-state index in [9.17, 15) is 4.79 Å². The van der Waals surface area contributed by atoms with Gasteiger partial charge in [-0.25, -0.2) is 0 Å². The zero-order valence-corrected chi connectivity index (χ0v) is 16.8. The summed E-state index contributed by atoms with van der Waals surface area (Å²) in [6.45, 7) is 2.60. The van der Waals surface area contributed by atoms with Gasteiger partial charge in [0.15, 0.2) is 6.61 Å². The molecule has 0 fully saturated rings. The third-order valence-corrected chi connectivity index (χ3v) is 4.41. The van der Waals surface area contributed by atoms with Crippen LogP contribution in [0.2, 0.25) is 5.02 Å². The third kappa shape index (κ3) is 6.73. The molecule has 0 unspecified atom stereocenters. The molecule has 0 aliphatic heterocycles. The van der Waals surface area contributed by atoms with E-state index in [2.05, 4.69) is 5.32 Å². The largest absolute Gasteiger partial charge is 0.490 e. The topological polar surface area (TPSA) is 56.8 Å². The lowest BCUT2D eigenvalue weighted by Gasteiger charge is -2.11. The lowest BCUT2D eigenvalue weighted by molar-refractivity contribution is -0.118. The second-order valence-electron chi connectivity index (χ2n) is 6.29. The number of nitrogens with one attached hydrogen (secondary N) is 1. The Labute approximate surface area is 175 Å². The molecule has 29 heavy (non-hydrogen) atoms. The van der Waals surface area contributed by atoms with Crippen molar-refractivity contribution in [2.45, 2.75) is 6.92 Å². The lowest BCUT2D eigenvalue weighted by atomic mass is 10.2. The number of hydrogen-bond donors (Lipinski definition) is 1. The normalized spacial score (nSPS) is 10.3. The van der Waals surface area contributed by atoms with Gasteiger partial charge in [-0.1, -0.05) is 35.9 Å². The van der Waals surface area contributed by atoms with E-state index in [1.807, 2.05) is 49.4 Å². The van der Waals surface area contributed by atoms with Crippen molar-refractivity contribution < 1.29 is 19.0 Å². The van der Waals surface area contributed by atoms with Crippen molar-refractivity contribution in [3.63, 3.8) is 0 Å². The van der Waals surface area contributed by atoms with E-state index in [4.69, 9.17) is 25.8 Å². The standard InChI is InChI=1S/C23H22ClNO4/c1-17-14-21(10-11-22(17)24)29-16-23(26)25-18-6-5-9-20(15-18)28-13-12-27-19-7-3-2-4-8-19/h2-11,14-15H,12-13,16H2,1H3,(H,25,26). The van der Waals surface area contributed by atoms with Gasteiger partial charge in [0.05, 0.1) is 0 Å². The minimum atomic E-state index is -0.262. The molecule has 0 heterocycles. The molecule has 0 aliphatic rings. The molecule has 0 spiro atoms. The van der Waals surface area contributed by atoms with Gasteiger partial charge >= 0.3 is 0 Å². The summed E-state index contributed by atoms with van der Waals surface area (Å²) in [5.41, 5.74) is 1.53. The maximum absolute atomic E-state index is 12.1. The summed E-state index contributed by atoms with van der Waals surface area (Å²) in [4.78, 5) is 12.1. The molecule has 1 N–H and O–H groups in total. The van der Waals surface area contributed by atoms with Gasteiger partial charge in [0.1, 0.15) is 30.5 Å². The van der Waals surface area contributed by atoms with Crippen LogP contribution in [-0.4, -0.2) is 25.7 Å². The Bertz CT molecular complexity index is 947. The number of benzene rings is 3. The fourth-order valence-electron chi connectivity index (χ4n) is 2.55. The van der Waals surface area contributed by atoms with Crippen LogP contribution in [0.15, 0.2) is 72.8 Å². The molecule has 0 saturated carbocycles. The number of rotatable bonds is 9. The van der Waals surface area contributed by atoms with Crippen molar-refractivity contribution in [3.05, 3.63) is 83.4 Å². The van der Waals surface area contributed by atoms with Crippen LogP contribution >= 0.6 is 11.6 Å². The minimum Gasteiger partial charge on any atom is -0.490 e. The molecule has 0 aliphatic carbocycles. The monoisotopic (exact) mass is 411 g/mol. The van der Waals surface area contributed by atoms with Gasteiger partial charge in [0, 0.05) is 16.8 Å². The highest BCUT2D eigenvalue weighted by Gasteiger charge is 2.06. The number of para-hydroxylation sites is 1. The summed E-state index contributed by atoms with van der Waals surface area (Å²) in [5, 5.41) is 3.45. The fraction of sp³-hybridized carbons (Fsp3) is 0.174. The predicted molar refractivity (Wildman–Crippen MR) is 114 cm³/mol. The molecule has 0 saturated heterocycles. The molecule has 3 aromatic rings. The molecule has 0 radical (unpaired) electrons. The number of hydrogen-bond acceptors (Lipinski definition) is 4. The first-order valence-corrected chi connectivity index (χ1v) is 9.57. The van der Waals surface area contributed by atoms with E-state index in [1.54, 1.807) is 30.3 Å². The molecule has 0 aromatic heterocycles. The highest BCUT2D eigenvalue weighted by Crippen LogP contribution is 2.21. The van der Waals surface area contributed by atoms with E-state index < -0.39 is 0 Å². The summed E-state index contributed by atoms with van der Waals surface area (Å²) in [6.07, 6.45) is 0. The zero-order valence-electron chi connectivity index (χ0n) is 16.1. The molecule has 1 amide bonds. The Balaban J connectivity index is 1.43. The second-order valence-corrected chi connectivity index (χ2v) is 6.69. The van der Waals surface area contributed by atoms with Gasteiger partial charge in [-0.15, -0.1) is 0 Å². The highest BCUT2D eigenvalue weighted by molar-refractivity contribution is 6.31. The lowest BCUT2D eigenvalue weighted by Crippen LogP contribution is -2.20. The van der Waals surface area contributed by atoms with Crippen LogP contribution in [0.1, 0.15) is 5.56 Å². The third-order valence-electron chi connectivity index (χ3n) is 3.98. The number of carbonyl (C=O) groups is 1. The molecule has 6 heteroatoms. The van der Waals surface area contributed by atoms with Crippen LogP contribution in [0.5, 0.6) is 17.2 Å². The second kappa shape index (κ2) is 10.4. The Hall–Kier alpha value is -3.18. The number of ether oxygens (including phenoxy) is 3. The molecule has 0 bridgehead atoms. The van der Waals surface area contributed by atoms with Crippen LogP contribution in [0.25, 0.3) is 0 Å². The van der Waals surface area contributed by atoms with Crippen molar-refractivity contribution in [1.29, 1.82) is 0 Å². The SMILES string of the molecule is Cc1cc(OCC(=O)Nc2cccc(OCCOc3ccccc3)c2)ccc1Cl. The van der Waals surface area contributed by atoms with Crippen molar-refractivity contribution in [2.24, 2.45) is 0 Å². The van der Waals surface area contributed by atoms with Crippen LogP contribution in [0.3, 0.4) is 0 Å². The average molecular weight is 412 g/mol. The summed E-state index contributed by atoms with van der Waals surface area (Å²) in [6, 6.07) is 22.0. The first kappa shape index (κ1) is 20.6. The number of anilines is 1. The Morgan fingerprint density at radius 1 is 0.828 bits per heavy atom. The van der Waals surface area contributed by atoms with E-state index in [0.29, 0.717) is 35.4 Å². The fourth-order valence-corrected chi connectivity index (χ4v) is 2.67. The summed E-state index contributed by atoms with van der Waals surface area (Å²) in [5.74, 6) is 1.78. The molecule has 0 atom stereocenters. The molecule has 3 rings (SSSR count). The van der Waals surface area contributed by atoms with E-state index >= 15 is 0 Å². The van der Waals surface area contributed by atoms with Gasteiger partial charge in [-0.05, 0) is 55.0 Å². The van der Waals surface area contributed by atoms with E-state index in [0.717, 1.165) is 11.3 Å². The van der Waals surface area contributed by atoms with Crippen LogP contribution < -0.4 is 19.5 Å². The van der Waals surface area contributed by atoms with Gasteiger partial charge < -0.3 is 19.5 Å². The Kier molecular flexibility index (Phi) is 7.36. The van der Waals surface area contributed by atoms with Crippen molar-refractivity contribution in [1.82, 2.24) is 0 Å². The van der Waals surface area contributed by atoms with Crippen molar-refractivity contribution in [3.8, 4) is 17.2 Å². The zero-order chi connectivity index (χ0) is 20.5. The Morgan fingerprint density at radius 2 is 1.52 bits per heavy atom. The van der Waals surface area contributed by atoms with Crippen molar-refractivity contribution in [2.75, 3.05) is 25.1 Å². The molecule has 3 aromatic carbocycles. The van der Waals surface area contributed by atoms with E-state index in [-0.39, 0.29) is 12.5 Å². The number of amides is 1. The smallest absolute Gasteiger partial charge is 0.262 e. The number of aryl methyl sites for hydroxylation is 1. The maximum Gasteiger partial charge on any atom is 0.262 e. The summed E-state index contributed by atoms with van der Waals surface area (Å²) >= 11 is 5.99. The summed E-state index contributed by atoms with van der Waals surface area (Å²) in [7, 11) is 0. The van der Waals surface area contributed by atoms with Gasteiger partial charge in [-0.3, -0.25) is 4.79 Å². The molecular weight excluding hydrogens is 390 g/mol.